The van der Waals surface area contributed by atoms with Gasteiger partial charge in [-0.25, -0.2) is 4.68 Å². The molecule has 0 radical (unpaired) electrons. The Kier molecular flexibility index (Phi) is 3.56. The van der Waals surface area contributed by atoms with Crippen molar-refractivity contribution in [2.45, 2.75) is 0 Å². The quantitative estimate of drug-likeness (QED) is 0.438. The van der Waals surface area contributed by atoms with Gasteiger partial charge in [-0.3, -0.25) is 0 Å². The van der Waals surface area contributed by atoms with Crippen LogP contribution < -0.4 is 0 Å². The van der Waals surface area contributed by atoms with Crippen molar-refractivity contribution in [2.75, 3.05) is 0 Å². The van der Waals surface area contributed by atoms with Crippen molar-refractivity contribution < 1.29 is 0 Å². The number of rotatable bonds is 2. The highest BCUT2D eigenvalue weighted by Crippen LogP contribution is 2.32. The molecule has 2 nitrogen and oxygen atoms in total. The summed E-state index contributed by atoms with van der Waals surface area (Å²) in [6.07, 6.45) is 0. The van der Waals surface area contributed by atoms with Gasteiger partial charge in [0.15, 0.2) is 0 Å². The number of aromatic nitrogens is 2. The topological polar surface area (TPSA) is 17.8 Å². The number of hydrogen-bond donors (Lipinski definition) is 0. The molecule has 112 valence electrons. The van der Waals surface area contributed by atoms with E-state index >= 15 is 0 Å². The van der Waals surface area contributed by atoms with Crippen LogP contribution in [0.25, 0.3) is 27.8 Å². The monoisotopic (exact) mass is 338 g/mol. The molecule has 3 aromatic carbocycles. The highest BCUT2D eigenvalue weighted by molar-refractivity contribution is 6.30. The third-order valence-corrected chi connectivity index (χ3v) is 4.27. The molecule has 4 rings (SSSR count). The van der Waals surface area contributed by atoms with E-state index in [-0.39, 0.29) is 0 Å². The lowest BCUT2D eigenvalue weighted by Crippen LogP contribution is -1.98. The molecule has 0 saturated carbocycles. The van der Waals surface area contributed by atoms with Gasteiger partial charge in [0.25, 0.3) is 0 Å². The van der Waals surface area contributed by atoms with Crippen LogP contribution in [0.15, 0.2) is 72.8 Å². The fraction of sp³-hybridized carbons (Fsp3) is 0. The van der Waals surface area contributed by atoms with Crippen molar-refractivity contribution in [3.8, 4) is 16.9 Å². The molecule has 4 heteroatoms. The van der Waals surface area contributed by atoms with Crippen molar-refractivity contribution in [2.24, 2.45) is 0 Å². The zero-order valence-corrected chi connectivity index (χ0v) is 13.6. The summed E-state index contributed by atoms with van der Waals surface area (Å²) in [5.74, 6) is 0. The first-order valence-corrected chi connectivity index (χ1v) is 7.97. The predicted octanol–water partition coefficient (Wildman–Crippen LogP) is 6.00. The zero-order chi connectivity index (χ0) is 15.8. The van der Waals surface area contributed by atoms with Crippen LogP contribution in [0.3, 0.4) is 0 Å². The van der Waals surface area contributed by atoms with Crippen LogP contribution in [-0.4, -0.2) is 9.78 Å². The number of nitrogens with zero attached hydrogens (tertiary/aromatic N) is 2. The van der Waals surface area contributed by atoms with E-state index in [0.29, 0.717) is 5.02 Å². The molecule has 0 atom stereocenters. The first-order chi connectivity index (χ1) is 11.2. The van der Waals surface area contributed by atoms with E-state index in [2.05, 4.69) is 6.07 Å². The number of benzene rings is 3. The lowest BCUT2D eigenvalue weighted by Gasteiger charge is -2.08. The third kappa shape index (κ3) is 2.61. The minimum absolute atomic E-state index is 0.707. The summed E-state index contributed by atoms with van der Waals surface area (Å²) in [6, 6.07) is 23.6. The first kappa shape index (κ1) is 14.3. The molecular weight excluding hydrogens is 327 g/mol. The van der Waals surface area contributed by atoms with Gasteiger partial charge in [-0.2, -0.15) is 5.10 Å². The minimum Gasteiger partial charge on any atom is -0.232 e. The molecule has 0 bridgehead atoms. The van der Waals surface area contributed by atoms with E-state index < -0.39 is 0 Å². The van der Waals surface area contributed by atoms with Crippen molar-refractivity contribution in [3.05, 3.63) is 82.8 Å². The maximum Gasteiger partial charge on any atom is 0.0934 e. The standard InChI is InChI=1S/C19H12Cl2N2/c20-14-7-5-13(6-8-14)19-17-3-1-2-4-18(17)22-23(19)16-11-9-15(21)10-12-16/h1-12H. The molecular formula is C19H12Cl2N2. The van der Waals surface area contributed by atoms with Crippen LogP contribution in [0.2, 0.25) is 10.0 Å². The van der Waals surface area contributed by atoms with Gasteiger partial charge in [0.05, 0.1) is 16.9 Å². The summed E-state index contributed by atoms with van der Waals surface area (Å²) in [6.45, 7) is 0. The van der Waals surface area contributed by atoms with Gasteiger partial charge in [-0.15, -0.1) is 0 Å². The Hall–Kier alpha value is -2.29. The lowest BCUT2D eigenvalue weighted by molar-refractivity contribution is 0.904. The first-order valence-electron chi connectivity index (χ1n) is 7.22. The zero-order valence-electron chi connectivity index (χ0n) is 12.1. The molecule has 0 unspecified atom stereocenters. The molecule has 23 heavy (non-hydrogen) atoms. The largest absolute Gasteiger partial charge is 0.232 e. The summed E-state index contributed by atoms with van der Waals surface area (Å²) in [4.78, 5) is 0. The van der Waals surface area contributed by atoms with Crippen molar-refractivity contribution in [1.29, 1.82) is 0 Å². The van der Waals surface area contributed by atoms with E-state index in [9.17, 15) is 0 Å². The van der Waals surface area contributed by atoms with Crippen LogP contribution in [-0.2, 0) is 0 Å². The Bertz CT molecular complexity index is 971. The van der Waals surface area contributed by atoms with Crippen molar-refractivity contribution in [3.63, 3.8) is 0 Å². The fourth-order valence-electron chi connectivity index (χ4n) is 2.69. The van der Waals surface area contributed by atoms with Crippen LogP contribution in [0, 0.1) is 0 Å². The Morgan fingerprint density at radius 3 is 2.00 bits per heavy atom. The normalized spacial score (nSPS) is 11.0. The molecule has 0 spiro atoms. The van der Waals surface area contributed by atoms with Gasteiger partial charge in [0.2, 0.25) is 0 Å². The smallest absolute Gasteiger partial charge is 0.0934 e. The van der Waals surface area contributed by atoms with Gasteiger partial charge in [-0.1, -0.05) is 53.5 Å². The Balaban J connectivity index is 2.01. The minimum atomic E-state index is 0.707. The average Bonchev–Trinajstić information content (AvgIpc) is 2.96. The molecule has 0 saturated heterocycles. The van der Waals surface area contributed by atoms with E-state index in [1.54, 1.807) is 0 Å². The Labute approximate surface area is 143 Å². The van der Waals surface area contributed by atoms with Gasteiger partial charge in [0.1, 0.15) is 0 Å². The summed E-state index contributed by atoms with van der Waals surface area (Å²) in [5, 5.41) is 7.28. The van der Waals surface area contributed by atoms with Crippen LogP contribution >= 0.6 is 23.2 Å². The lowest BCUT2D eigenvalue weighted by atomic mass is 10.1. The van der Waals surface area contributed by atoms with E-state index in [0.717, 1.165) is 32.9 Å². The fourth-order valence-corrected chi connectivity index (χ4v) is 2.94. The van der Waals surface area contributed by atoms with Crippen LogP contribution in [0.5, 0.6) is 0 Å². The highest BCUT2D eigenvalue weighted by Gasteiger charge is 2.14. The van der Waals surface area contributed by atoms with Gasteiger partial charge >= 0.3 is 0 Å². The predicted molar refractivity (Wildman–Crippen MR) is 96.5 cm³/mol. The number of fused-ring (bicyclic) bond motifs is 1. The highest BCUT2D eigenvalue weighted by atomic mass is 35.5. The van der Waals surface area contributed by atoms with Gasteiger partial charge < -0.3 is 0 Å². The van der Waals surface area contributed by atoms with Crippen LogP contribution in [0.4, 0.5) is 0 Å². The SMILES string of the molecule is Clc1ccc(-c2c3ccccc3nn2-c2ccc(Cl)cc2)cc1. The average molecular weight is 339 g/mol. The second-order valence-electron chi connectivity index (χ2n) is 5.26. The Morgan fingerprint density at radius 2 is 1.30 bits per heavy atom. The van der Waals surface area contributed by atoms with E-state index in [4.69, 9.17) is 28.3 Å². The number of hydrogen-bond acceptors (Lipinski definition) is 1. The molecule has 0 aliphatic carbocycles. The summed E-state index contributed by atoms with van der Waals surface area (Å²) >= 11 is 12.0. The molecule has 0 aliphatic heterocycles. The van der Waals surface area contributed by atoms with Gasteiger partial charge in [-0.05, 0) is 42.5 Å². The number of halogens is 2. The second kappa shape index (κ2) is 5.73. The summed E-state index contributed by atoms with van der Waals surface area (Å²) < 4.78 is 1.95. The van der Waals surface area contributed by atoms with E-state index in [1.165, 1.54) is 0 Å². The van der Waals surface area contributed by atoms with Crippen LogP contribution in [0.1, 0.15) is 0 Å². The molecule has 0 fully saturated rings. The molecule has 0 N–H and O–H groups in total. The molecule has 0 aliphatic rings. The maximum atomic E-state index is 6.03. The summed E-state index contributed by atoms with van der Waals surface area (Å²) in [5.41, 5.74) is 4.03. The van der Waals surface area contributed by atoms with Crippen molar-refractivity contribution in [1.82, 2.24) is 9.78 Å². The summed E-state index contributed by atoms with van der Waals surface area (Å²) in [7, 11) is 0. The Morgan fingerprint density at radius 1 is 0.696 bits per heavy atom. The molecule has 4 aromatic rings. The van der Waals surface area contributed by atoms with E-state index in [1.807, 2.05) is 71.4 Å². The van der Waals surface area contributed by atoms with Crippen molar-refractivity contribution >= 4 is 34.1 Å². The molecule has 0 amide bonds. The molecule has 1 heterocycles. The second-order valence-corrected chi connectivity index (χ2v) is 6.13. The molecule has 1 aromatic heterocycles. The third-order valence-electron chi connectivity index (χ3n) is 3.77. The maximum absolute atomic E-state index is 6.03. The van der Waals surface area contributed by atoms with Gasteiger partial charge in [0, 0.05) is 21.0 Å².